The van der Waals surface area contributed by atoms with Gasteiger partial charge in [0.2, 0.25) is 5.88 Å². The molecule has 1 heterocycles. The van der Waals surface area contributed by atoms with Crippen LogP contribution in [0, 0.1) is 24.2 Å². The summed E-state index contributed by atoms with van der Waals surface area (Å²) in [5.41, 5.74) is -0.430. The van der Waals surface area contributed by atoms with E-state index in [2.05, 4.69) is 30.7 Å². The van der Waals surface area contributed by atoms with Crippen molar-refractivity contribution in [1.82, 2.24) is 4.57 Å². The van der Waals surface area contributed by atoms with E-state index in [1.807, 2.05) is 6.07 Å². The van der Waals surface area contributed by atoms with E-state index in [9.17, 15) is 24.8 Å². The van der Waals surface area contributed by atoms with Crippen molar-refractivity contribution in [2.24, 2.45) is 16.1 Å². The van der Waals surface area contributed by atoms with E-state index in [1.54, 1.807) is 24.3 Å². The van der Waals surface area contributed by atoms with E-state index in [4.69, 9.17) is 9.47 Å². The zero-order valence-corrected chi connectivity index (χ0v) is 22.3. The van der Waals surface area contributed by atoms with Crippen LogP contribution in [0.3, 0.4) is 0 Å². The van der Waals surface area contributed by atoms with E-state index >= 15 is 0 Å². The van der Waals surface area contributed by atoms with Gasteiger partial charge in [-0.25, -0.2) is 9.59 Å². The van der Waals surface area contributed by atoms with Crippen molar-refractivity contribution < 1.29 is 24.2 Å². The first-order valence-corrected chi connectivity index (χ1v) is 12.5. The number of rotatable bonds is 13. The largest absolute Gasteiger partial charge is 0.493 e. The number of aromatic hydroxyl groups is 1. The molecule has 10 nitrogen and oxygen atoms in total. The van der Waals surface area contributed by atoms with Crippen LogP contribution in [-0.2, 0) is 20.8 Å². The lowest BCUT2D eigenvalue weighted by Crippen LogP contribution is -2.26. The molecule has 0 amide bonds. The topological polar surface area (TPSA) is 143 Å². The molecule has 10 heteroatoms. The zero-order chi connectivity index (χ0) is 28.2. The number of ether oxygens (including phenoxy) is 2. The van der Waals surface area contributed by atoms with E-state index in [0.29, 0.717) is 6.61 Å². The lowest BCUT2D eigenvalue weighted by molar-refractivity contribution is -0.139. The van der Waals surface area contributed by atoms with Gasteiger partial charge in [-0.2, -0.15) is 5.26 Å². The van der Waals surface area contributed by atoms with Crippen LogP contribution in [-0.4, -0.2) is 34.8 Å². The van der Waals surface area contributed by atoms with E-state index in [1.165, 1.54) is 13.8 Å². The predicted molar refractivity (Wildman–Crippen MR) is 142 cm³/mol. The summed E-state index contributed by atoms with van der Waals surface area (Å²) in [6.07, 6.45) is 4.01. The molecule has 0 aliphatic carbocycles. The molecule has 1 unspecified atom stereocenters. The SMILES string of the molecule is C=C(C)C(=O)OCCn1c(O)c(/N=N/c2ccccc2C(=O)OCC(CC)CCCC)c(C)c(C#N)c1=O. The molecule has 0 aliphatic heterocycles. The van der Waals surface area contributed by atoms with Gasteiger partial charge >= 0.3 is 11.9 Å². The Morgan fingerprint density at radius 1 is 1.21 bits per heavy atom. The molecule has 0 fully saturated rings. The number of azo groups is 1. The number of pyridine rings is 1. The third-order valence-electron chi connectivity index (χ3n) is 6.04. The number of nitriles is 1. The Balaban J connectivity index is 2.35. The monoisotopic (exact) mass is 522 g/mol. The average molecular weight is 523 g/mol. The van der Waals surface area contributed by atoms with E-state index < -0.39 is 23.4 Å². The summed E-state index contributed by atoms with van der Waals surface area (Å²) in [5, 5.41) is 28.5. The predicted octanol–water partition coefficient (Wildman–Crippen LogP) is 5.64. The fourth-order valence-electron chi connectivity index (χ4n) is 3.62. The quantitative estimate of drug-likeness (QED) is 0.204. The minimum absolute atomic E-state index is 0.121. The van der Waals surface area contributed by atoms with Gasteiger partial charge in [0.25, 0.3) is 5.56 Å². The van der Waals surface area contributed by atoms with Crippen LogP contribution in [0.2, 0.25) is 0 Å². The smallest absolute Gasteiger partial charge is 0.340 e. The summed E-state index contributed by atoms with van der Waals surface area (Å²) in [5.74, 6) is -1.47. The molecule has 202 valence electrons. The molecule has 2 aromatic rings. The number of unbranched alkanes of at least 4 members (excludes halogenated alkanes) is 1. The Morgan fingerprint density at radius 2 is 1.92 bits per heavy atom. The lowest BCUT2D eigenvalue weighted by atomic mass is 10.0. The molecule has 1 N–H and O–H groups in total. The fourth-order valence-corrected chi connectivity index (χ4v) is 3.62. The molecule has 0 spiro atoms. The summed E-state index contributed by atoms with van der Waals surface area (Å²) in [4.78, 5) is 37.2. The van der Waals surface area contributed by atoms with Gasteiger partial charge in [-0.15, -0.1) is 10.2 Å². The second-order valence-corrected chi connectivity index (χ2v) is 8.89. The molecular weight excluding hydrogens is 488 g/mol. The van der Waals surface area contributed by atoms with Gasteiger partial charge in [0.1, 0.15) is 23.9 Å². The number of carbonyl (C=O) groups excluding carboxylic acids is 2. The summed E-state index contributed by atoms with van der Waals surface area (Å²) < 4.78 is 11.4. The Bertz CT molecular complexity index is 1310. The van der Waals surface area contributed by atoms with Crippen molar-refractivity contribution in [3.8, 4) is 11.9 Å². The molecule has 1 aromatic heterocycles. The van der Waals surface area contributed by atoms with Gasteiger partial charge in [0, 0.05) is 11.1 Å². The summed E-state index contributed by atoms with van der Waals surface area (Å²) in [6, 6.07) is 8.30. The number of hydrogen-bond acceptors (Lipinski definition) is 9. The van der Waals surface area contributed by atoms with Crippen LogP contribution >= 0.6 is 0 Å². The molecule has 1 atom stereocenters. The Morgan fingerprint density at radius 3 is 2.55 bits per heavy atom. The van der Waals surface area contributed by atoms with Crippen molar-refractivity contribution >= 4 is 23.3 Å². The first kappa shape index (κ1) is 30.0. The highest BCUT2D eigenvalue weighted by Gasteiger charge is 2.20. The maximum Gasteiger partial charge on any atom is 0.340 e. The highest BCUT2D eigenvalue weighted by atomic mass is 16.5. The average Bonchev–Trinajstić information content (AvgIpc) is 2.90. The van der Waals surface area contributed by atoms with Crippen LogP contribution in [0.5, 0.6) is 5.88 Å². The van der Waals surface area contributed by atoms with Crippen molar-refractivity contribution in [3.05, 3.63) is 63.5 Å². The fraction of sp³-hybridized carbons (Fsp3) is 0.429. The molecule has 1 aromatic carbocycles. The molecular formula is C28H34N4O6. The number of hydrogen-bond donors (Lipinski definition) is 1. The van der Waals surface area contributed by atoms with E-state index in [0.717, 1.165) is 30.3 Å². The Kier molecular flexibility index (Phi) is 11.4. The molecule has 0 radical (unpaired) electrons. The summed E-state index contributed by atoms with van der Waals surface area (Å²) in [7, 11) is 0. The van der Waals surface area contributed by atoms with Gasteiger partial charge in [-0.3, -0.25) is 9.36 Å². The van der Waals surface area contributed by atoms with Crippen LogP contribution in [0.15, 0.2) is 51.4 Å². The van der Waals surface area contributed by atoms with Gasteiger partial charge < -0.3 is 14.6 Å². The first-order chi connectivity index (χ1) is 18.2. The van der Waals surface area contributed by atoms with Gasteiger partial charge in [0.05, 0.1) is 18.7 Å². The maximum atomic E-state index is 12.8. The molecule has 2 rings (SSSR count). The second-order valence-electron chi connectivity index (χ2n) is 8.89. The molecule has 38 heavy (non-hydrogen) atoms. The van der Waals surface area contributed by atoms with Crippen molar-refractivity contribution in [1.29, 1.82) is 5.26 Å². The first-order valence-electron chi connectivity index (χ1n) is 12.5. The third kappa shape index (κ3) is 7.62. The molecule has 0 aliphatic rings. The number of benzene rings is 1. The zero-order valence-electron chi connectivity index (χ0n) is 22.3. The molecule has 0 saturated heterocycles. The molecule has 0 bridgehead atoms. The molecule has 0 saturated carbocycles. The van der Waals surface area contributed by atoms with Crippen molar-refractivity contribution in [2.45, 2.75) is 59.9 Å². The van der Waals surface area contributed by atoms with Gasteiger partial charge in [-0.1, -0.05) is 51.8 Å². The highest BCUT2D eigenvalue weighted by molar-refractivity contribution is 5.94. The number of esters is 2. The minimum atomic E-state index is -0.759. The van der Waals surface area contributed by atoms with Crippen LogP contribution in [0.25, 0.3) is 0 Å². The normalized spacial score (nSPS) is 11.7. The maximum absolute atomic E-state index is 12.8. The van der Waals surface area contributed by atoms with E-state index in [-0.39, 0.29) is 52.7 Å². The van der Waals surface area contributed by atoms with Crippen LogP contribution < -0.4 is 5.56 Å². The van der Waals surface area contributed by atoms with Crippen molar-refractivity contribution in [3.63, 3.8) is 0 Å². The highest BCUT2D eigenvalue weighted by Crippen LogP contribution is 2.33. The van der Waals surface area contributed by atoms with Crippen LogP contribution in [0.1, 0.15) is 67.9 Å². The van der Waals surface area contributed by atoms with Gasteiger partial charge in [-0.05, 0) is 38.3 Å². The van der Waals surface area contributed by atoms with Crippen LogP contribution in [0.4, 0.5) is 11.4 Å². The second kappa shape index (κ2) is 14.5. The lowest BCUT2D eigenvalue weighted by Gasteiger charge is -2.15. The Labute approximate surface area is 222 Å². The van der Waals surface area contributed by atoms with Gasteiger partial charge in [0.15, 0.2) is 5.69 Å². The van der Waals surface area contributed by atoms with Crippen molar-refractivity contribution in [2.75, 3.05) is 13.2 Å². The number of aromatic nitrogens is 1. The third-order valence-corrected chi connectivity index (χ3v) is 6.04. The number of nitrogens with zero attached hydrogens (tertiary/aromatic N) is 4. The standard InChI is InChI=1S/C28H34N4O6/c1-6-8-11-20(7-2)17-38-28(36)21-12-9-10-13-23(21)30-31-24-19(5)22(16-29)25(33)32(26(24)34)14-15-37-27(35)18(3)4/h9-10,12-13,20,34H,3,6-8,11,14-15,17H2,1-2,4-5H3/b31-30+. The summed E-state index contributed by atoms with van der Waals surface area (Å²) in [6.45, 7) is 10.4. The number of carbonyl (C=O) groups is 2. The summed E-state index contributed by atoms with van der Waals surface area (Å²) >= 11 is 0. The minimum Gasteiger partial charge on any atom is -0.493 e. The Hall–Kier alpha value is -4.26.